The summed E-state index contributed by atoms with van der Waals surface area (Å²) in [6.07, 6.45) is 4.70. The molecule has 1 atom stereocenters. The highest BCUT2D eigenvalue weighted by molar-refractivity contribution is 5.40. The maximum atomic E-state index is 10.1. The Morgan fingerprint density at radius 3 is 2.53 bits per heavy atom. The lowest BCUT2D eigenvalue weighted by Gasteiger charge is -2.24. The monoisotopic (exact) mass is 262 g/mol. The van der Waals surface area contributed by atoms with Crippen molar-refractivity contribution >= 4 is 5.82 Å². The Morgan fingerprint density at radius 2 is 1.95 bits per heavy atom. The van der Waals surface area contributed by atoms with Crippen molar-refractivity contribution < 1.29 is 5.11 Å². The summed E-state index contributed by atoms with van der Waals surface area (Å²) in [5.41, 5.74) is 0.895. The van der Waals surface area contributed by atoms with E-state index in [2.05, 4.69) is 42.8 Å². The molecule has 1 aliphatic heterocycles. The molecule has 0 aliphatic carbocycles. The second-order valence-electron chi connectivity index (χ2n) is 6.99. The van der Waals surface area contributed by atoms with Crippen LogP contribution in [0.25, 0.3) is 0 Å². The molecule has 0 spiro atoms. The first-order chi connectivity index (χ1) is 8.78. The molecule has 1 aromatic rings. The van der Waals surface area contributed by atoms with Gasteiger partial charge in [0.2, 0.25) is 0 Å². The third-order valence-corrected chi connectivity index (χ3v) is 4.00. The molecule has 1 aliphatic rings. The zero-order valence-electron chi connectivity index (χ0n) is 12.6. The number of aliphatic hydroxyl groups is 1. The van der Waals surface area contributed by atoms with Gasteiger partial charge in [0.15, 0.2) is 0 Å². The van der Waals surface area contributed by atoms with E-state index >= 15 is 0 Å². The van der Waals surface area contributed by atoms with Crippen LogP contribution in [0.1, 0.15) is 52.5 Å². The van der Waals surface area contributed by atoms with E-state index < -0.39 is 5.60 Å². The van der Waals surface area contributed by atoms with E-state index in [-0.39, 0.29) is 5.41 Å². The number of nitrogens with zero attached hydrogens (tertiary/aromatic N) is 2. The van der Waals surface area contributed by atoms with E-state index in [4.69, 9.17) is 0 Å². The van der Waals surface area contributed by atoms with Crippen LogP contribution < -0.4 is 4.90 Å². The topological polar surface area (TPSA) is 36.4 Å². The Hall–Kier alpha value is -1.09. The normalized spacial score (nSPS) is 25.2. The summed E-state index contributed by atoms with van der Waals surface area (Å²) in [6, 6.07) is 4.28. The molecule has 0 bridgehead atoms. The fourth-order valence-electron chi connectivity index (χ4n) is 2.51. The molecule has 1 N–H and O–H groups in total. The van der Waals surface area contributed by atoms with Crippen LogP contribution in [-0.4, -0.2) is 28.8 Å². The molecule has 0 saturated carbocycles. The van der Waals surface area contributed by atoms with Gasteiger partial charge in [0, 0.05) is 19.3 Å². The molecule has 3 nitrogen and oxygen atoms in total. The second-order valence-corrected chi connectivity index (χ2v) is 6.99. The van der Waals surface area contributed by atoms with E-state index in [9.17, 15) is 5.11 Å². The minimum absolute atomic E-state index is 0.147. The molecule has 1 saturated heterocycles. The van der Waals surface area contributed by atoms with Gasteiger partial charge in [-0.25, -0.2) is 4.98 Å². The van der Waals surface area contributed by atoms with Crippen molar-refractivity contribution in [1.82, 2.24) is 4.98 Å². The van der Waals surface area contributed by atoms with Gasteiger partial charge < -0.3 is 10.0 Å². The van der Waals surface area contributed by atoms with Crippen molar-refractivity contribution in [1.29, 1.82) is 0 Å². The zero-order valence-corrected chi connectivity index (χ0v) is 12.6. The highest BCUT2D eigenvalue weighted by Gasteiger charge is 2.25. The van der Waals surface area contributed by atoms with Crippen molar-refractivity contribution in [2.45, 2.75) is 58.0 Å². The van der Waals surface area contributed by atoms with Crippen molar-refractivity contribution in [3.05, 3.63) is 23.9 Å². The largest absolute Gasteiger partial charge is 0.390 e. The van der Waals surface area contributed by atoms with Crippen molar-refractivity contribution in [3.63, 3.8) is 0 Å². The van der Waals surface area contributed by atoms with E-state index in [1.165, 1.54) is 5.56 Å². The molecule has 0 amide bonds. The van der Waals surface area contributed by atoms with Gasteiger partial charge in [-0.3, -0.25) is 0 Å². The molecule has 3 heteroatoms. The van der Waals surface area contributed by atoms with Crippen LogP contribution in [0.3, 0.4) is 0 Å². The van der Waals surface area contributed by atoms with Crippen LogP contribution in [0.5, 0.6) is 0 Å². The number of hydrogen-bond acceptors (Lipinski definition) is 3. The Balaban J connectivity index is 2.10. The minimum atomic E-state index is -0.514. The molecule has 0 aromatic carbocycles. The maximum Gasteiger partial charge on any atom is 0.128 e. The number of pyridine rings is 1. The summed E-state index contributed by atoms with van der Waals surface area (Å²) < 4.78 is 0. The molecule has 106 valence electrons. The van der Waals surface area contributed by atoms with E-state index in [0.29, 0.717) is 0 Å². The summed E-state index contributed by atoms with van der Waals surface area (Å²) in [7, 11) is 0. The van der Waals surface area contributed by atoms with E-state index in [1.54, 1.807) is 0 Å². The lowest BCUT2D eigenvalue weighted by molar-refractivity contribution is 0.0481. The molecular weight excluding hydrogens is 236 g/mol. The minimum Gasteiger partial charge on any atom is -0.390 e. The van der Waals surface area contributed by atoms with Gasteiger partial charge in [-0.1, -0.05) is 26.8 Å². The molecule has 2 rings (SSSR count). The smallest absolute Gasteiger partial charge is 0.128 e. The van der Waals surface area contributed by atoms with Crippen molar-refractivity contribution in [3.8, 4) is 0 Å². The fourth-order valence-corrected chi connectivity index (χ4v) is 2.51. The molecule has 1 aromatic heterocycles. The average Bonchev–Trinajstić information content (AvgIpc) is 2.49. The molecule has 0 radical (unpaired) electrons. The van der Waals surface area contributed by atoms with Crippen LogP contribution in [0.2, 0.25) is 0 Å². The first-order valence-electron chi connectivity index (χ1n) is 7.22. The highest BCUT2D eigenvalue weighted by Crippen LogP contribution is 2.26. The Morgan fingerprint density at radius 1 is 1.21 bits per heavy atom. The second kappa shape index (κ2) is 5.12. The van der Waals surface area contributed by atoms with Gasteiger partial charge in [-0.05, 0) is 43.2 Å². The number of aromatic nitrogens is 1. The molecular formula is C16H26N2O. The van der Waals surface area contributed by atoms with Gasteiger partial charge >= 0.3 is 0 Å². The number of anilines is 1. The zero-order chi connectivity index (χ0) is 14.1. The first-order valence-corrected chi connectivity index (χ1v) is 7.22. The van der Waals surface area contributed by atoms with Gasteiger partial charge in [0.05, 0.1) is 5.60 Å². The summed E-state index contributed by atoms with van der Waals surface area (Å²) >= 11 is 0. The van der Waals surface area contributed by atoms with Crippen molar-refractivity contribution in [2.24, 2.45) is 0 Å². The first kappa shape index (κ1) is 14.3. The van der Waals surface area contributed by atoms with Crippen LogP contribution in [0, 0.1) is 0 Å². The number of hydrogen-bond donors (Lipinski definition) is 1. The fraction of sp³-hybridized carbons (Fsp3) is 0.688. The summed E-state index contributed by atoms with van der Waals surface area (Å²) in [6.45, 7) is 10.4. The Bertz CT molecular complexity index is 417. The Labute approximate surface area is 116 Å². The summed E-state index contributed by atoms with van der Waals surface area (Å²) in [5.74, 6) is 1.03. The lowest BCUT2D eigenvalue weighted by Crippen LogP contribution is -2.28. The highest BCUT2D eigenvalue weighted by atomic mass is 16.3. The Kier molecular flexibility index (Phi) is 3.86. The van der Waals surface area contributed by atoms with Crippen molar-refractivity contribution in [2.75, 3.05) is 18.0 Å². The van der Waals surface area contributed by atoms with Crippen LogP contribution in [0.4, 0.5) is 5.82 Å². The van der Waals surface area contributed by atoms with E-state index in [1.807, 2.05) is 13.1 Å². The molecule has 2 heterocycles. The standard InChI is InChI=1S/C16H26N2O/c1-15(2,3)13-6-7-14(17-12-13)18-10-5-8-16(4,19)9-11-18/h6-7,12,19H,5,8-11H2,1-4H3. The average molecular weight is 262 g/mol. The summed E-state index contributed by atoms with van der Waals surface area (Å²) in [4.78, 5) is 6.89. The molecule has 1 fully saturated rings. The predicted molar refractivity (Wildman–Crippen MR) is 79.6 cm³/mol. The predicted octanol–water partition coefficient (Wildman–Crippen LogP) is 3.12. The quantitative estimate of drug-likeness (QED) is 0.844. The SMILES string of the molecule is CC1(O)CCCN(c2ccc(C(C)(C)C)cn2)CC1. The van der Waals surface area contributed by atoms with Gasteiger partial charge in [0.1, 0.15) is 5.82 Å². The van der Waals surface area contributed by atoms with Crippen LogP contribution in [-0.2, 0) is 5.41 Å². The third kappa shape index (κ3) is 3.69. The maximum absolute atomic E-state index is 10.1. The van der Waals surface area contributed by atoms with Crippen LogP contribution >= 0.6 is 0 Å². The molecule has 1 unspecified atom stereocenters. The van der Waals surface area contributed by atoms with Gasteiger partial charge in [-0.2, -0.15) is 0 Å². The number of rotatable bonds is 1. The van der Waals surface area contributed by atoms with Gasteiger partial charge in [0.25, 0.3) is 0 Å². The molecule has 19 heavy (non-hydrogen) atoms. The third-order valence-electron chi connectivity index (χ3n) is 4.00. The summed E-state index contributed by atoms with van der Waals surface area (Å²) in [5, 5.41) is 10.1. The van der Waals surface area contributed by atoms with Crippen LogP contribution in [0.15, 0.2) is 18.3 Å². The lowest BCUT2D eigenvalue weighted by atomic mass is 9.88. The van der Waals surface area contributed by atoms with Gasteiger partial charge in [-0.15, -0.1) is 0 Å². The van der Waals surface area contributed by atoms with E-state index in [0.717, 1.165) is 38.2 Å².